The van der Waals surface area contributed by atoms with E-state index in [1.54, 1.807) is 7.05 Å². The van der Waals surface area contributed by atoms with E-state index >= 15 is 0 Å². The Labute approximate surface area is 175 Å². The van der Waals surface area contributed by atoms with Gasteiger partial charge in [0.1, 0.15) is 0 Å². The standard InChI is InChI=1S/C23H36N4O2/c1-23(2,3)21-18(11-8-14-29-21)15-25-22(24-4)26-16-20(28)27-13-7-10-17-9-5-6-12-19(17)27/h5-6,9,12,18,21H,7-8,10-11,13-16H2,1-4H3,(H2,24,25,26). The summed E-state index contributed by atoms with van der Waals surface area (Å²) in [7, 11) is 1.74. The molecule has 6 nitrogen and oxygen atoms in total. The van der Waals surface area contributed by atoms with Crippen LogP contribution in [0.4, 0.5) is 5.69 Å². The van der Waals surface area contributed by atoms with Crippen molar-refractivity contribution >= 4 is 17.6 Å². The summed E-state index contributed by atoms with van der Waals surface area (Å²) in [6, 6.07) is 8.18. The molecule has 2 unspecified atom stereocenters. The summed E-state index contributed by atoms with van der Waals surface area (Å²) < 4.78 is 6.07. The van der Waals surface area contributed by atoms with Gasteiger partial charge in [0.25, 0.3) is 0 Å². The summed E-state index contributed by atoms with van der Waals surface area (Å²) in [6.45, 7) is 9.35. The molecule has 3 rings (SSSR count). The molecule has 0 bridgehead atoms. The zero-order chi connectivity index (χ0) is 20.9. The molecule has 1 aromatic carbocycles. The molecule has 1 fully saturated rings. The zero-order valence-corrected chi connectivity index (χ0v) is 18.3. The number of nitrogens with one attached hydrogen (secondary N) is 2. The highest BCUT2D eigenvalue weighted by molar-refractivity contribution is 5.98. The van der Waals surface area contributed by atoms with Crippen LogP contribution >= 0.6 is 0 Å². The maximum atomic E-state index is 12.8. The first-order valence-electron chi connectivity index (χ1n) is 10.8. The molecule has 2 N–H and O–H groups in total. The molecule has 1 aromatic rings. The van der Waals surface area contributed by atoms with Gasteiger partial charge in [-0.3, -0.25) is 9.79 Å². The van der Waals surface area contributed by atoms with E-state index < -0.39 is 0 Å². The van der Waals surface area contributed by atoms with Gasteiger partial charge in [-0.05, 0) is 42.7 Å². The summed E-state index contributed by atoms with van der Waals surface area (Å²) >= 11 is 0. The number of carbonyl (C=O) groups excluding carboxylic acids is 1. The highest BCUT2D eigenvalue weighted by Gasteiger charge is 2.35. The zero-order valence-electron chi connectivity index (χ0n) is 18.3. The number of rotatable bonds is 4. The van der Waals surface area contributed by atoms with Gasteiger partial charge in [0.2, 0.25) is 5.91 Å². The Morgan fingerprint density at radius 3 is 2.79 bits per heavy atom. The number of benzene rings is 1. The van der Waals surface area contributed by atoms with E-state index in [1.807, 2.05) is 23.1 Å². The summed E-state index contributed by atoms with van der Waals surface area (Å²) in [5.41, 5.74) is 2.41. The fourth-order valence-corrected chi connectivity index (χ4v) is 4.51. The third-order valence-corrected chi connectivity index (χ3v) is 5.87. The Balaban J connectivity index is 1.53. The van der Waals surface area contributed by atoms with E-state index in [2.05, 4.69) is 42.5 Å². The molecule has 0 radical (unpaired) electrons. The van der Waals surface area contributed by atoms with Crippen LogP contribution in [-0.2, 0) is 16.0 Å². The van der Waals surface area contributed by atoms with Crippen LogP contribution in [0.15, 0.2) is 29.3 Å². The number of amides is 1. The molecule has 6 heteroatoms. The van der Waals surface area contributed by atoms with Gasteiger partial charge in [0, 0.05) is 38.3 Å². The number of para-hydroxylation sites is 1. The SMILES string of the molecule is CN=C(NCC(=O)N1CCCc2ccccc21)NCC1CCCOC1C(C)(C)C. The molecule has 0 aliphatic carbocycles. The Morgan fingerprint density at radius 2 is 2.03 bits per heavy atom. The third-order valence-electron chi connectivity index (χ3n) is 5.87. The number of anilines is 1. The largest absolute Gasteiger partial charge is 0.377 e. The van der Waals surface area contributed by atoms with Gasteiger partial charge in [-0.1, -0.05) is 39.0 Å². The average molecular weight is 401 g/mol. The summed E-state index contributed by atoms with van der Waals surface area (Å²) in [6.07, 6.45) is 4.52. The molecule has 1 saturated heterocycles. The number of aliphatic imine (C=N–C) groups is 1. The number of nitrogens with zero attached hydrogens (tertiary/aromatic N) is 2. The van der Waals surface area contributed by atoms with Gasteiger partial charge >= 0.3 is 0 Å². The van der Waals surface area contributed by atoms with Crippen molar-refractivity contribution in [3.63, 3.8) is 0 Å². The molecule has 2 aliphatic rings. The summed E-state index contributed by atoms with van der Waals surface area (Å²) in [4.78, 5) is 19.0. The van der Waals surface area contributed by atoms with Gasteiger partial charge in [-0.2, -0.15) is 0 Å². The molecular weight excluding hydrogens is 364 g/mol. The topological polar surface area (TPSA) is 66.0 Å². The molecule has 0 aromatic heterocycles. The molecule has 0 spiro atoms. The van der Waals surface area contributed by atoms with Crippen LogP contribution in [0.3, 0.4) is 0 Å². The highest BCUT2D eigenvalue weighted by Crippen LogP contribution is 2.33. The molecule has 29 heavy (non-hydrogen) atoms. The second-order valence-corrected chi connectivity index (χ2v) is 9.14. The van der Waals surface area contributed by atoms with Crippen molar-refractivity contribution in [2.45, 2.75) is 52.6 Å². The predicted molar refractivity (Wildman–Crippen MR) is 118 cm³/mol. The quantitative estimate of drug-likeness (QED) is 0.602. The molecule has 1 amide bonds. The van der Waals surface area contributed by atoms with E-state index in [0.29, 0.717) is 11.9 Å². The Hall–Kier alpha value is -2.08. The number of hydrogen-bond acceptors (Lipinski definition) is 3. The van der Waals surface area contributed by atoms with E-state index in [-0.39, 0.29) is 24.0 Å². The first-order chi connectivity index (χ1) is 13.9. The molecule has 0 saturated carbocycles. The lowest BCUT2D eigenvalue weighted by molar-refractivity contribution is -0.117. The fourth-order valence-electron chi connectivity index (χ4n) is 4.51. The van der Waals surface area contributed by atoms with Crippen molar-refractivity contribution in [2.24, 2.45) is 16.3 Å². The summed E-state index contributed by atoms with van der Waals surface area (Å²) in [5, 5.41) is 6.60. The van der Waals surface area contributed by atoms with E-state index in [4.69, 9.17) is 4.74 Å². The lowest BCUT2D eigenvalue weighted by atomic mass is 9.78. The smallest absolute Gasteiger partial charge is 0.246 e. The maximum absolute atomic E-state index is 12.8. The molecule has 160 valence electrons. The van der Waals surface area contributed by atoms with E-state index in [9.17, 15) is 4.79 Å². The molecule has 2 atom stereocenters. The van der Waals surface area contributed by atoms with Crippen molar-refractivity contribution in [3.05, 3.63) is 29.8 Å². The highest BCUT2D eigenvalue weighted by atomic mass is 16.5. The van der Waals surface area contributed by atoms with Crippen LogP contribution in [-0.4, -0.2) is 51.3 Å². The van der Waals surface area contributed by atoms with Crippen molar-refractivity contribution in [3.8, 4) is 0 Å². The molecule has 2 aliphatic heterocycles. The number of guanidine groups is 1. The van der Waals surface area contributed by atoms with Gasteiger partial charge < -0.3 is 20.3 Å². The second-order valence-electron chi connectivity index (χ2n) is 9.14. The summed E-state index contributed by atoms with van der Waals surface area (Å²) in [5.74, 6) is 1.18. The van der Waals surface area contributed by atoms with Gasteiger partial charge in [0.05, 0.1) is 12.6 Å². The second kappa shape index (κ2) is 9.61. The maximum Gasteiger partial charge on any atom is 0.246 e. The Kier molecular flexibility index (Phi) is 7.17. The number of hydrogen-bond donors (Lipinski definition) is 2. The van der Waals surface area contributed by atoms with Crippen molar-refractivity contribution < 1.29 is 9.53 Å². The van der Waals surface area contributed by atoms with Crippen LogP contribution < -0.4 is 15.5 Å². The Bertz CT molecular complexity index is 726. The fraction of sp³-hybridized carbons (Fsp3) is 0.652. The van der Waals surface area contributed by atoms with Crippen LogP contribution in [0, 0.1) is 11.3 Å². The minimum absolute atomic E-state index is 0.0775. The van der Waals surface area contributed by atoms with Gasteiger partial charge in [-0.15, -0.1) is 0 Å². The number of carbonyl (C=O) groups is 1. The monoisotopic (exact) mass is 400 g/mol. The van der Waals surface area contributed by atoms with Crippen molar-refractivity contribution in [1.82, 2.24) is 10.6 Å². The van der Waals surface area contributed by atoms with E-state index in [0.717, 1.165) is 51.1 Å². The molecule has 2 heterocycles. The van der Waals surface area contributed by atoms with Gasteiger partial charge in [-0.25, -0.2) is 0 Å². The minimum Gasteiger partial charge on any atom is -0.377 e. The van der Waals surface area contributed by atoms with Crippen molar-refractivity contribution in [2.75, 3.05) is 38.2 Å². The van der Waals surface area contributed by atoms with Gasteiger partial charge in [0.15, 0.2) is 5.96 Å². The predicted octanol–water partition coefficient (Wildman–Crippen LogP) is 2.97. The normalized spacial score (nSPS) is 22.8. The molecular formula is C23H36N4O2. The van der Waals surface area contributed by atoms with Crippen molar-refractivity contribution in [1.29, 1.82) is 0 Å². The minimum atomic E-state index is 0.0775. The average Bonchev–Trinajstić information content (AvgIpc) is 2.72. The van der Waals surface area contributed by atoms with Crippen LogP contribution in [0.2, 0.25) is 0 Å². The number of ether oxygens (including phenoxy) is 1. The van der Waals surface area contributed by atoms with Crippen LogP contribution in [0.1, 0.15) is 45.6 Å². The lowest BCUT2D eigenvalue weighted by Gasteiger charge is -2.40. The first kappa shape index (κ1) is 21.6. The number of fused-ring (bicyclic) bond motifs is 1. The first-order valence-corrected chi connectivity index (χ1v) is 10.8. The Morgan fingerprint density at radius 1 is 1.24 bits per heavy atom. The lowest BCUT2D eigenvalue weighted by Crippen LogP contribution is -2.49. The van der Waals surface area contributed by atoms with Crippen LogP contribution in [0.25, 0.3) is 0 Å². The third kappa shape index (κ3) is 5.50. The van der Waals surface area contributed by atoms with E-state index in [1.165, 1.54) is 5.56 Å². The number of aryl methyl sites for hydroxylation is 1. The van der Waals surface area contributed by atoms with Crippen LogP contribution in [0.5, 0.6) is 0 Å².